The topological polar surface area (TPSA) is 305 Å². The van der Waals surface area contributed by atoms with Gasteiger partial charge in [-0.3, -0.25) is 43.1 Å². The summed E-state index contributed by atoms with van der Waals surface area (Å²) in [5.74, 6) is 2.18. The van der Waals surface area contributed by atoms with Crippen molar-refractivity contribution in [1.82, 2.24) is 29.3 Å². The van der Waals surface area contributed by atoms with E-state index in [1.165, 1.54) is 20.8 Å². The maximum Gasteiger partial charge on any atom is 0.414 e. The van der Waals surface area contributed by atoms with Crippen LogP contribution in [0.1, 0.15) is 137 Å². The zero-order valence-corrected chi connectivity index (χ0v) is 61.0. The number of aromatic nitrogens is 6. The van der Waals surface area contributed by atoms with Crippen molar-refractivity contribution >= 4 is 99.6 Å². The Balaban J connectivity index is 0.000000137. The van der Waals surface area contributed by atoms with Crippen molar-refractivity contribution in [2.24, 2.45) is 17.8 Å². The Morgan fingerprint density at radius 3 is 0.971 bits per heavy atom. The molecule has 102 heavy (non-hydrogen) atoms. The largest absolute Gasteiger partial charge is 0.449 e. The third-order valence-electron chi connectivity index (χ3n) is 20.7. The van der Waals surface area contributed by atoms with Crippen molar-refractivity contribution in [3.63, 3.8) is 0 Å². The summed E-state index contributed by atoms with van der Waals surface area (Å²) in [5.41, 5.74) is 8.97. The van der Waals surface area contributed by atoms with Gasteiger partial charge in [0, 0.05) is 75.7 Å². The number of hydrogen-bond acceptors (Lipinski definition) is 18. The summed E-state index contributed by atoms with van der Waals surface area (Å²) in [4.78, 5) is 86.0. The standard InChI is InChI=1S/3C24H30N4O5S/c1-16-13-26(24(30)33-15-18-3-4-18)23-11-19(5-6-22(23)28(16)17(2)29)20-12-25-27(14-20)21-7-9-34(31,32)10-8-21;2*1-16-12-26(24(30)33-14-18-5-6-18)23-10-19(7-8-22(23)28(16)17(2)29)20-11-25-27(13-20)21-4-3-9-34(31,32)15-21/h5-6,11-12,14,16,18,21H,3-4,7-10,13,15H2,1-2H3;2*7-8,10-11,13,16,18,21H,3-6,9,12,14-15H2,1-2H3/t16-;16-,21+;16-,21-/m000/s1. The number of carbonyl (C=O) groups is 6. The van der Waals surface area contributed by atoms with E-state index in [0.717, 1.165) is 84.7 Å². The number of amides is 6. The van der Waals surface area contributed by atoms with Crippen LogP contribution in [0.2, 0.25) is 0 Å². The van der Waals surface area contributed by atoms with Crippen LogP contribution in [0.25, 0.3) is 33.4 Å². The predicted octanol–water partition coefficient (Wildman–Crippen LogP) is 10.2. The summed E-state index contributed by atoms with van der Waals surface area (Å²) in [7, 11) is -9.03. The molecule has 3 saturated carbocycles. The van der Waals surface area contributed by atoms with Gasteiger partial charge in [-0.05, 0) is 169 Å². The highest BCUT2D eigenvalue weighted by Gasteiger charge is 2.40. The second-order valence-corrected chi connectivity index (χ2v) is 35.8. The molecule has 546 valence electrons. The highest BCUT2D eigenvalue weighted by atomic mass is 32.2. The van der Waals surface area contributed by atoms with E-state index in [1.807, 2.05) is 98.6 Å². The van der Waals surface area contributed by atoms with Gasteiger partial charge in [0.2, 0.25) is 17.7 Å². The lowest BCUT2D eigenvalue weighted by Crippen LogP contribution is -2.51. The van der Waals surface area contributed by atoms with Gasteiger partial charge in [-0.1, -0.05) is 18.2 Å². The number of fused-ring (bicyclic) bond motifs is 3. The van der Waals surface area contributed by atoms with Crippen LogP contribution in [0, 0.1) is 17.8 Å². The number of rotatable bonds is 12. The smallest absolute Gasteiger partial charge is 0.414 e. The van der Waals surface area contributed by atoms with E-state index in [-0.39, 0.29) is 94.6 Å². The van der Waals surface area contributed by atoms with Crippen LogP contribution >= 0.6 is 0 Å². The van der Waals surface area contributed by atoms with Crippen LogP contribution in [-0.2, 0) is 58.1 Å². The van der Waals surface area contributed by atoms with E-state index < -0.39 is 41.7 Å². The van der Waals surface area contributed by atoms with Gasteiger partial charge < -0.3 is 28.9 Å². The number of carbonyl (C=O) groups excluding carboxylic acids is 6. The number of benzene rings is 3. The minimum Gasteiger partial charge on any atom is -0.449 e. The Bertz CT molecular complexity index is 4360. The molecule has 30 heteroatoms. The molecule has 6 fully saturated rings. The van der Waals surface area contributed by atoms with Crippen molar-refractivity contribution in [3.05, 3.63) is 91.8 Å². The van der Waals surface area contributed by atoms with E-state index >= 15 is 0 Å². The van der Waals surface area contributed by atoms with Gasteiger partial charge >= 0.3 is 18.3 Å². The van der Waals surface area contributed by atoms with Gasteiger partial charge in [-0.2, -0.15) is 15.3 Å². The van der Waals surface area contributed by atoms with Crippen LogP contribution in [0.3, 0.4) is 0 Å². The lowest BCUT2D eigenvalue weighted by atomic mass is 10.0. The molecular weight excluding hydrogens is 1370 g/mol. The average molecular weight is 1460 g/mol. The molecule has 0 unspecified atom stereocenters. The molecule has 0 N–H and O–H groups in total. The summed E-state index contributed by atoms with van der Waals surface area (Å²) in [6.45, 7) is 12.7. The predicted molar refractivity (Wildman–Crippen MR) is 386 cm³/mol. The first-order valence-electron chi connectivity index (χ1n) is 35.5. The second kappa shape index (κ2) is 29.2. The van der Waals surface area contributed by atoms with Gasteiger partial charge in [-0.15, -0.1) is 0 Å². The monoisotopic (exact) mass is 1460 g/mol. The lowest BCUT2D eigenvalue weighted by Gasteiger charge is -2.40. The zero-order chi connectivity index (χ0) is 72.1. The number of sulfone groups is 3. The molecule has 9 aliphatic rings. The van der Waals surface area contributed by atoms with Crippen LogP contribution in [0.15, 0.2) is 91.8 Å². The maximum atomic E-state index is 13.0. The molecule has 3 aromatic carbocycles. The van der Waals surface area contributed by atoms with Gasteiger partial charge in [-0.25, -0.2) is 39.6 Å². The Hall–Kier alpha value is -8.64. The fraction of sp³-hybridized carbons (Fsp3) is 0.542. The zero-order valence-electron chi connectivity index (χ0n) is 58.5. The summed E-state index contributed by atoms with van der Waals surface area (Å²) >= 11 is 0. The Morgan fingerprint density at radius 1 is 0.382 bits per heavy atom. The van der Waals surface area contributed by atoms with E-state index in [2.05, 4.69) is 15.3 Å². The third kappa shape index (κ3) is 16.4. The number of ether oxygens (including phenoxy) is 3. The normalized spacial score (nSPS) is 23.4. The van der Waals surface area contributed by atoms with E-state index in [0.29, 0.717) is 117 Å². The molecule has 6 amide bonds. The Labute approximate surface area is 595 Å². The van der Waals surface area contributed by atoms with E-state index in [4.69, 9.17) is 14.2 Å². The van der Waals surface area contributed by atoms with Gasteiger partial charge in [0.25, 0.3) is 0 Å². The van der Waals surface area contributed by atoms with E-state index in [1.54, 1.807) is 57.4 Å². The molecular formula is C72H90N12O15S3. The molecule has 9 heterocycles. The van der Waals surface area contributed by atoms with Crippen LogP contribution in [-0.4, -0.2) is 183 Å². The number of hydrogen-bond donors (Lipinski definition) is 0. The summed E-state index contributed by atoms with van der Waals surface area (Å²) in [6, 6.07) is 16.1. The van der Waals surface area contributed by atoms with Crippen LogP contribution in [0.4, 0.5) is 48.5 Å². The molecule has 27 nitrogen and oxygen atoms in total. The van der Waals surface area contributed by atoms with E-state index in [9.17, 15) is 54.0 Å². The molecule has 3 aromatic heterocycles. The SMILES string of the molecule is CC(=O)N1c2ccc(-c3cnn(C4CCS(=O)(=O)CC4)c3)cc2N(C(=O)OCC2CC2)C[C@@H]1C.CC(=O)N1c2ccc(-c3cnn([C@@H]4CCCS(=O)(=O)C4)c3)cc2N(C(=O)OCC2CC2)C[C@@H]1C.CC(=O)N1c2ccc(-c3cnn([C@H]4CCCS(=O)(=O)C4)c3)cc2N(C(=O)OCC2CC2)C[C@@H]1C. The first-order chi connectivity index (χ1) is 48.6. The molecule has 3 saturated heterocycles. The number of anilines is 6. The van der Waals surface area contributed by atoms with Gasteiger partial charge in [0.15, 0.2) is 19.7 Å². The molecule has 5 atom stereocenters. The first kappa shape index (κ1) is 71.7. The molecule has 15 rings (SSSR count). The minimum absolute atomic E-state index is 0.0536. The molecule has 6 aromatic rings. The molecule has 3 aliphatic carbocycles. The molecule has 6 aliphatic heterocycles. The summed E-state index contributed by atoms with van der Waals surface area (Å²) in [6.07, 6.45) is 20.1. The minimum atomic E-state index is -3.05. The molecule has 0 bridgehead atoms. The summed E-state index contributed by atoms with van der Waals surface area (Å²) in [5, 5.41) is 13.4. The molecule has 0 spiro atoms. The van der Waals surface area contributed by atoms with Crippen molar-refractivity contribution in [2.45, 2.75) is 155 Å². The fourth-order valence-corrected chi connectivity index (χ4v) is 19.5. The number of nitrogens with zero attached hydrogens (tertiary/aromatic N) is 12. The Morgan fingerprint density at radius 2 is 0.686 bits per heavy atom. The lowest BCUT2D eigenvalue weighted by molar-refractivity contribution is -0.117. The van der Waals surface area contributed by atoms with Gasteiger partial charge in [0.1, 0.15) is 9.84 Å². The second-order valence-electron chi connectivity index (χ2n) is 29.0. The fourth-order valence-electron chi connectivity index (χ4n) is 14.6. The van der Waals surface area contributed by atoms with Gasteiger partial charge in [0.05, 0.1) is 143 Å². The van der Waals surface area contributed by atoms with Crippen molar-refractivity contribution in [2.75, 3.05) is 103 Å². The quantitative estimate of drug-likeness (QED) is 0.103. The Kier molecular flexibility index (Phi) is 20.6. The maximum absolute atomic E-state index is 13.0. The van der Waals surface area contributed by atoms with Crippen LogP contribution in [0.5, 0.6) is 0 Å². The van der Waals surface area contributed by atoms with Crippen molar-refractivity contribution in [1.29, 1.82) is 0 Å². The highest BCUT2D eigenvalue weighted by Crippen LogP contribution is 2.44. The van der Waals surface area contributed by atoms with Crippen molar-refractivity contribution in [3.8, 4) is 33.4 Å². The first-order valence-corrected chi connectivity index (χ1v) is 41.0. The molecule has 0 radical (unpaired) electrons. The van der Waals surface area contributed by atoms with Crippen LogP contribution < -0.4 is 29.4 Å². The third-order valence-corrected chi connectivity index (χ3v) is 26.0. The summed E-state index contributed by atoms with van der Waals surface area (Å²) < 4.78 is 93.8. The van der Waals surface area contributed by atoms with Crippen molar-refractivity contribution < 1.29 is 68.2 Å². The average Bonchev–Trinajstić information content (AvgIpc) is 1.05. The highest BCUT2D eigenvalue weighted by molar-refractivity contribution is 7.92.